The fourth-order valence-corrected chi connectivity index (χ4v) is 2.11. The standard InChI is InChI=1S/C13H12FN3/c1-16-9-17(11-6-3-2-5-10(11)14)13-12(16)7-4-8-15-13/h2-8H,9H2,1H3. The first-order valence-corrected chi connectivity index (χ1v) is 5.45. The molecular weight excluding hydrogens is 217 g/mol. The minimum Gasteiger partial charge on any atom is -0.354 e. The Labute approximate surface area is 99.1 Å². The summed E-state index contributed by atoms with van der Waals surface area (Å²) in [6.45, 7) is 0.618. The van der Waals surface area contributed by atoms with Gasteiger partial charge in [0, 0.05) is 13.2 Å². The number of aromatic nitrogens is 1. The monoisotopic (exact) mass is 229 g/mol. The Hall–Kier alpha value is -2.10. The van der Waals surface area contributed by atoms with Crippen molar-refractivity contribution in [3.8, 4) is 0 Å². The highest BCUT2D eigenvalue weighted by atomic mass is 19.1. The highest BCUT2D eigenvalue weighted by Crippen LogP contribution is 2.38. The van der Waals surface area contributed by atoms with Gasteiger partial charge in [-0.25, -0.2) is 9.37 Å². The van der Waals surface area contributed by atoms with E-state index in [2.05, 4.69) is 9.88 Å². The lowest BCUT2D eigenvalue weighted by atomic mass is 10.3. The number of hydrogen-bond donors (Lipinski definition) is 0. The van der Waals surface area contributed by atoms with Gasteiger partial charge in [0.2, 0.25) is 0 Å². The van der Waals surface area contributed by atoms with Crippen LogP contribution in [0.1, 0.15) is 0 Å². The second-order valence-corrected chi connectivity index (χ2v) is 4.06. The van der Waals surface area contributed by atoms with Crippen LogP contribution in [0.3, 0.4) is 0 Å². The van der Waals surface area contributed by atoms with Crippen molar-refractivity contribution in [1.82, 2.24) is 4.98 Å². The van der Waals surface area contributed by atoms with Gasteiger partial charge in [0.25, 0.3) is 0 Å². The summed E-state index contributed by atoms with van der Waals surface area (Å²) in [6.07, 6.45) is 1.73. The second kappa shape index (κ2) is 3.73. The minimum atomic E-state index is -0.223. The fourth-order valence-electron chi connectivity index (χ4n) is 2.11. The van der Waals surface area contributed by atoms with Gasteiger partial charge in [-0.1, -0.05) is 12.1 Å². The molecule has 4 heteroatoms. The summed E-state index contributed by atoms with van der Waals surface area (Å²) in [5, 5.41) is 0. The van der Waals surface area contributed by atoms with E-state index >= 15 is 0 Å². The number of anilines is 3. The van der Waals surface area contributed by atoms with Gasteiger partial charge in [-0.05, 0) is 24.3 Å². The Morgan fingerprint density at radius 1 is 1.12 bits per heavy atom. The molecule has 1 aliphatic heterocycles. The van der Waals surface area contributed by atoms with E-state index in [9.17, 15) is 4.39 Å². The molecule has 2 heterocycles. The SMILES string of the molecule is CN1CN(c2ccccc2F)c2ncccc21. The van der Waals surface area contributed by atoms with Gasteiger partial charge in [-0.2, -0.15) is 0 Å². The van der Waals surface area contributed by atoms with Crippen LogP contribution in [0.5, 0.6) is 0 Å². The summed E-state index contributed by atoms with van der Waals surface area (Å²) in [5.41, 5.74) is 1.59. The third kappa shape index (κ3) is 1.53. The molecule has 0 saturated heterocycles. The van der Waals surface area contributed by atoms with Crippen molar-refractivity contribution in [1.29, 1.82) is 0 Å². The first kappa shape index (κ1) is 10.1. The summed E-state index contributed by atoms with van der Waals surface area (Å²) < 4.78 is 13.8. The lowest BCUT2D eigenvalue weighted by molar-refractivity contribution is 0.625. The maximum atomic E-state index is 13.8. The van der Waals surface area contributed by atoms with Gasteiger partial charge < -0.3 is 9.80 Å². The van der Waals surface area contributed by atoms with Crippen LogP contribution in [-0.2, 0) is 0 Å². The number of halogens is 1. The van der Waals surface area contributed by atoms with Crippen LogP contribution < -0.4 is 9.80 Å². The second-order valence-electron chi connectivity index (χ2n) is 4.06. The Kier molecular flexibility index (Phi) is 2.21. The van der Waals surface area contributed by atoms with Crippen molar-refractivity contribution in [2.75, 3.05) is 23.5 Å². The number of hydrogen-bond acceptors (Lipinski definition) is 3. The normalized spacial score (nSPS) is 14.0. The predicted octanol–water partition coefficient (Wildman–Crippen LogP) is 2.77. The first-order valence-electron chi connectivity index (χ1n) is 5.45. The van der Waals surface area contributed by atoms with E-state index in [1.807, 2.05) is 30.1 Å². The zero-order chi connectivity index (χ0) is 11.8. The molecule has 0 bridgehead atoms. The van der Waals surface area contributed by atoms with Gasteiger partial charge in [-0.3, -0.25) is 0 Å². The molecule has 0 N–H and O–H groups in total. The molecule has 86 valence electrons. The van der Waals surface area contributed by atoms with Gasteiger partial charge in [0.1, 0.15) is 5.82 Å². The van der Waals surface area contributed by atoms with Gasteiger partial charge in [-0.15, -0.1) is 0 Å². The molecule has 0 radical (unpaired) electrons. The molecule has 0 saturated carbocycles. The highest BCUT2D eigenvalue weighted by molar-refractivity contribution is 5.78. The molecule has 17 heavy (non-hydrogen) atoms. The van der Waals surface area contributed by atoms with Crippen LogP contribution in [-0.4, -0.2) is 18.7 Å². The van der Waals surface area contributed by atoms with E-state index in [0.29, 0.717) is 12.4 Å². The molecule has 1 aliphatic rings. The van der Waals surface area contributed by atoms with Crippen molar-refractivity contribution < 1.29 is 4.39 Å². The molecule has 0 unspecified atom stereocenters. The number of pyridine rings is 1. The first-order chi connectivity index (χ1) is 8.27. The number of rotatable bonds is 1. The van der Waals surface area contributed by atoms with Gasteiger partial charge >= 0.3 is 0 Å². The number of fused-ring (bicyclic) bond motifs is 1. The molecular formula is C13H12FN3. The highest BCUT2D eigenvalue weighted by Gasteiger charge is 2.26. The Balaban J connectivity index is 2.11. The van der Waals surface area contributed by atoms with Gasteiger partial charge in [0.05, 0.1) is 18.0 Å². The van der Waals surface area contributed by atoms with E-state index in [4.69, 9.17) is 0 Å². The fraction of sp³-hybridized carbons (Fsp3) is 0.154. The van der Waals surface area contributed by atoms with Crippen molar-refractivity contribution in [2.45, 2.75) is 0 Å². The predicted molar refractivity (Wildman–Crippen MR) is 66.0 cm³/mol. The molecule has 3 nitrogen and oxygen atoms in total. The van der Waals surface area contributed by atoms with Gasteiger partial charge in [0.15, 0.2) is 5.82 Å². The third-order valence-corrected chi connectivity index (χ3v) is 2.93. The molecule has 0 amide bonds. The van der Waals surface area contributed by atoms with Crippen LogP contribution in [0.4, 0.5) is 21.6 Å². The largest absolute Gasteiger partial charge is 0.354 e. The maximum Gasteiger partial charge on any atom is 0.158 e. The lowest BCUT2D eigenvalue weighted by Crippen LogP contribution is -2.24. The zero-order valence-electron chi connectivity index (χ0n) is 9.47. The van der Waals surface area contributed by atoms with Crippen LogP contribution in [0.15, 0.2) is 42.6 Å². The average Bonchev–Trinajstić information content (AvgIpc) is 2.68. The van der Waals surface area contributed by atoms with E-state index < -0.39 is 0 Å². The summed E-state index contributed by atoms with van der Waals surface area (Å²) in [5.74, 6) is 0.583. The van der Waals surface area contributed by atoms with E-state index in [0.717, 1.165) is 11.5 Å². The van der Waals surface area contributed by atoms with E-state index in [1.54, 1.807) is 18.3 Å². The average molecular weight is 229 g/mol. The topological polar surface area (TPSA) is 19.4 Å². The van der Waals surface area contributed by atoms with Crippen molar-refractivity contribution in [2.24, 2.45) is 0 Å². The number of para-hydroxylation sites is 1. The lowest BCUT2D eigenvalue weighted by Gasteiger charge is -2.18. The van der Waals surface area contributed by atoms with Crippen LogP contribution in [0.25, 0.3) is 0 Å². The zero-order valence-corrected chi connectivity index (χ0v) is 9.47. The third-order valence-electron chi connectivity index (χ3n) is 2.93. The summed E-state index contributed by atoms with van der Waals surface area (Å²) in [7, 11) is 1.97. The molecule has 0 spiro atoms. The van der Waals surface area contributed by atoms with E-state index in [1.165, 1.54) is 6.07 Å². The Bertz CT molecular complexity index is 556. The minimum absolute atomic E-state index is 0.223. The molecule has 3 rings (SSSR count). The van der Waals surface area contributed by atoms with Crippen molar-refractivity contribution in [3.63, 3.8) is 0 Å². The number of benzene rings is 1. The summed E-state index contributed by atoms with van der Waals surface area (Å²) >= 11 is 0. The smallest absolute Gasteiger partial charge is 0.158 e. The Morgan fingerprint density at radius 2 is 1.88 bits per heavy atom. The molecule has 0 atom stereocenters. The summed E-state index contributed by atoms with van der Waals surface area (Å²) in [6, 6.07) is 10.6. The molecule has 2 aromatic rings. The van der Waals surface area contributed by atoms with E-state index in [-0.39, 0.29) is 5.82 Å². The van der Waals surface area contributed by atoms with Crippen molar-refractivity contribution >= 4 is 17.2 Å². The Morgan fingerprint density at radius 3 is 2.71 bits per heavy atom. The molecule has 0 fully saturated rings. The quantitative estimate of drug-likeness (QED) is 0.749. The van der Waals surface area contributed by atoms with Crippen LogP contribution in [0.2, 0.25) is 0 Å². The van der Waals surface area contributed by atoms with Crippen LogP contribution in [0, 0.1) is 5.82 Å². The maximum absolute atomic E-state index is 13.8. The molecule has 1 aromatic heterocycles. The summed E-state index contributed by atoms with van der Waals surface area (Å²) in [4.78, 5) is 8.26. The van der Waals surface area contributed by atoms with Crippen LogP contribution >= 0.6 is 0 Å². The van der Waals surface area contributed by atoms with Crippen molar-refractivity contribution in [3.05, 3.63) is 48.4 Å². The number of nitrogens with zero attached hydrogens (tertiary/aromatic N) is 3. The molecule has 1 aromatic carbocycles. The molecule has 0 aliphatic carbocycles.